The zero-order valence-corrected chi connectivity index (χ0v) is 9.23. The van der Waals surface area contributed by atoms with Crippen molar-refractivity contribution in [1.82, 2.24) is 0 Å². The third-order valence-corrected chi connectivity index (χ3v) is 1.90. The SMILES string of the molecule is COC(=O)/C=C/C=C/[C@H]1COC(C)(C)O1. The first-order valence-corrected chi connectivity index (χ1v) is 4.78. The first kappa shape index (κ1) is 11.9. The van der Waals surface area contributed by atoms with Crippen LogP contribution < -0.4 is 0 Å². The summed E-state index contributed by atoms with van der Waals surface area (Å²) in [7, 11) is 1.34. The number of hydrogen-bond donors (Lipinski definition) is 0. The minimum absolute atomic E-state index is 0.0534. The minimum atomic E-state index is -0.513. The molecular weight excluding hydrogens is 196 g/mol. The molecule has 0 aromatic rings. The van der Waals surface area contributed by atoms with E-state index in [4.69, 9.17) is 9.47 Å². The fraction of sp³-hybridized carbons (Fsp3) is 0.545. The van der Waals surface area contributed by atoms with Gasteiger partial charge in [-0.15, -0.1) is 0 Å². The van der Waals surface area contributed by atoms with Gasteiger partial charge < -0.3 is 14.2 Å². The summed E-state index contributed by atoms with van der Waals surface area (Å²) in [5, 5.41) is 0. The molecule has 0 bridgehead atoms. The van der Waals surface area contributed by atoms with Crippen LogP contribution in [0.2, 0.25) is 0 Å². The molecule has 0 aromatic heterocycles. The summed E-state index contributed by atoms with van der Waals surface area (Å²) in [6.45, 7) is 4.27. The lowest BCUT2D eigenvalue weighted by atomic mass is 10.3. The molecule has 0 N–H and O–H groups in total. The van der Waals surface area contributed by atoms with Gasteiger partial charge >= 0.3 is 5.97 Å². The topological polar surface area (TPSA) is 44.8 Å². The number of allylic oxidation sites excluding steroid dienone is 2. The maximum atomic E-state index is 10.7. The summed E-state index contributed by atoms with van der Waals surface area (Å²) < 4.78 is 15.3. The van der Waals surface area contributed by atoms with Crippen LogP contribution in [0.3, 0.4) is 0 Å². The Kier molecular flexibility index (Phi) is 4.05. The first-order chi connectivity index (χ1) is 7.03. The van der Waals surface area contributed by atoms with Crippen molar-refractivity contribution in [2.75, 3.05) is 13.7 Å². The third kappa shape index (κ3) is 4.27. The van der Waals surface area contributed by atoms with Gasteiger partial charge in [0.25, 0.3) is 0 Å². The third-order valence-electron chi connectivity index (χ3n) is 1.90. The van der Waals surface area contributed by atoms with E-state index >= 15 is 0 Å². The molecular formula is C11H16O4. The molecule has 0 amide bonds. The Hall–Kier alpha value is -1.13. The van der Waals surface area contributed by atoms with Crippen molar-refractivity contribution in [3.63, 3.8) is 0 Å². The van der Waals surface area contributed by atoms with Crippen molar-refractivity contribution in [2.45, 2.75) is 25.7 Å². The van der Waals surface area contributed by atoms with Crippen LogP contribution in [0.1, 0.15) is 13.8 Å². The molecule has 0 radical (unpaired) electrons. The number of methoxy groups -OCH3 is 1. The molecule has 0 spiro atoms. The second kappa shape index (κ2) is 5.09. The van der Waals surface area contributed by atoms with Crippen LogP contribution in [-0.4, -0.2) is 31.6 Å². The molecule has 1 heterocycles. The van der Waals surface area contributed by atoms with Crippen molar-refractivity contribution >= 4 is 5.97 Å². The number of rotatable bonds is 3. The van der Waals surface area contributed by atoms with E-state index in [1.54, 1.807) is 12.2 Å². The average Bonchev–Trinajstić information content (AvgIpc) is 2.52. The molecule has 1 aliphatic heterocycles. The molecule has 4 nitrogen and oxygen atoms in total. The van der Waals surface area contributed by atoms with E-state index in [0.29, 0.717) is 6.61 Å². The molecule has 0 aromatic carbocycles. The number of carbonyl (C=O) groups is 1. The van der Waals surface area contributed by atoms with Crippen LogP contribution in [0, 0.1) is 0 Å². The number of hydrogen-bond acceptors (Lipinski definition) is 4. The second-order valence-electron chi connectivity index (χ2n) is 3.63. The highest BCUT2D eigenvalue weighted by molar-refractivity contribution is 5.82. The highest BCUT2D eigenvalue weighted by atomic mass is 16.7. The largest absolute Gasteiger partial charge is 0.466 e. The normalized spacial score (nSPS) is 25.1. The Labute approximate surface area is 89.5 Å². The Morgan fingerprint density at radius 1 is 1.47 bits per heavy atom. The predicted octanol–water partition coefficient (Wildman–Crippen LogP) is 1.42. The van der Waals surface area contributed by atoms with Gasteiger partial charge in [-0.2, -0.15) is 0 Å². The highest BCUT2D eigenvalue weighted by Crippen LogP contribution is 2.22. The number of carbonyl (C=O) groups excluding carboxylic acids is 1. The zero-order valence-electron chi connectivity index (χ0n) is 9.23. The van der Waals surface area contributed by atoms with Gasteiger partial charge in [-0.25, -0.2) is 4.79 Å². The Morgan fingerprint density at radius 3 is 2.73 bits per heavy atom. The summed E-state index contributed by atoms with van der Waals surface area (Å²) in [4.78, 5) is 10.7. The Morgan fingerprint density at radius 2 is 2.20 bits per heavy atom. The molecule has 1 fully saturated rings. The quantitative estimate of drug-likeness (QED) is 0.403. The number of ether oxygens (including phenoxy) is 3. The Bertz CT molecular complexity index is 278. The lowest BCUT2D eigenvalue weighted by molar-refractivity contribution is -0.135. The van der Waals surface area contributed by atoms with Crippen molar-refractivity contribution in [2.24, 2.45) is 0 Å². The summed E-state index contributed by atoms with van der Waals surface area (Å²) in [5.41, 5.74) is 0. The molecule has 1 aliphatic rings. The average molecular weight is 212 g/mol. The molecule has 1 atom stereocenters. The lowest BCUT2D eigenvalue weighted by Crippen LogP contribution is -2.20. The fourth-order valence-corrected chi connectivity index (χ4v) is 1.20. The molecule has 15 heavy (non-hydrogen) atoms. The van der Waals surface area contributed by atoms with E-state index in [0.717, 1.165) is 0 Å². The van der Waals surface area contributed by atoms with Gasteiger partial charge in [-0.05, 0) is 13.8 Å². The van der Waals surface area contributed by atoms with Crippen LogP contribution >= 0.6 is 0 Å². The van der Waals surface area contributed by atoms with Crippen molar-refractivity contribution in [1.29, 1.82) is 0 Å². The summed E-state index contributed by atoms with van der Waals surface area (Å²) >= 11 is 0. The van der Waals surface area contributed by atoms with Gasteiger partial charge in [0.1, 0.15) is 6.10 Å². The second-order valence-corrected chi connectivity index (χ2v) is 3.63. The molecule has 0 saturated carbocycles. The highest BCUT2D eigenvalue weighted by Gasteiger charge is 2.30. The van der Waals surface area contributed by atoms with Gasteiger partial charge in [0.05, 0.1) is 13.7 Å². The molecule has 0 aliphatic carbocycles. The van der Waals surface area contributed by atoms with Gasteiger partial charge in [0.15, 0.2) is 5.79 Å². The summed E-state index contributed by atoms with van der Waals surface area (Å²) in [6, 6.07) is 0. The maximum absolute atomic E-state index is 10.7. The molecule has 1 saturated heterocycles. The van der Waals surface area contributed by atoms with E-state index in [9.17, 15) is 4.79 Å². The van der Waals surface area contributed by atoms with E-state index in [2.05, 4.69) is 4.74 Å². The van der Waals surface area contributed by atoms with Crippen LogP contribution in [-0.2, 0) is 19.0 Å². The maximum Gasteiger partial charge on any atom is 0.330 e. The van der Waals surface area contributed by atoms with Gasteiger partial charge in [0.2, 0.25) is 0 Å². The van der Waals surface area contributed by atoms with E-state index < -0.39 is 5.79 Å². The van der Waals surface area contributed by atoms with Crippen molar-refractivity contribution in [3.05, 3.63) is 24.3 Å². The van der Waals surface area contributed by atoms with Crippen molar-refractivity contribution < 1.29 is 19.0 Å². The smallest absolute Gasteiger partial charge is 0.330 e. The summed E-state index contributed by atoms with van der Waals surface area (Å²) in [6.07, 6.45) is 6.49. The van der Waals surface area contributed by atoms with Crippen LogP contribution in [0.15, 0.2) is 24.3 Å². The standard InChI is InChI=1S/C11H16O4/c1-11(2)14-8-9(15-11)6-4-5-7-10(12)13-3/h4-7,9H,8H2,1-3H3/b6-4+,7-5+/t9-/m0/s1. The van der Waals surface area contributed by atoms with Crippen molar-refractivity contribution in [3.8, 4) is 0 Å². The van der Waals surface area contributed by atoms with E-state index in [1.807, 2.05) is 19.9 Å². The van der Waals surface area contributed by atoms with Crippen LogP contribution in [0.5, 0.6) is 0 Å². The predicted molar refractivity (Wildman–Crippen MR) is 55.2 cm³/mol. The van der Waals surface area contributed by atoms with E-state index in [1.165, 1.54) is 13.2 Å². The fourth-order valence-electron chi connectivity index (χ4n) is 1.20. The molecule has 84 valence electrons. The molecule has 0 unspecified atom stereocenters. The van der Waals surface area contributed by atoms with E-state index in [-0.39, 0.29) is 12.1 Å². The summed E-state index contributed by atoms with van der Waals surface area (Å²) in [5.74, 6) is -0.885. The monoisotopic (exact) mass is 212 g/mol. The Balaban J connectivity index is 2.34. The van der Waals surface area contributed by atoms with Gasteiger partial charge in [0, 0.05) is 6.08 Å². The minimum Gasteiger partial charge on any atom is -0.466 e. The lowest BCUT2D eigenvalue weighted by Gasteiger charge is -2.15. The zero-order chi connectivity index (χ0) is 11.3. The van der Waals surface area contributed by atoms with Gasteiger partial charge in [-0.3, -0.25) is 0 Å². The van der Waals surface area contributed by atoms with Gasteiger partial charge in [-0.1, -0.05) is 18.2 Å². The molecule has 1 rings (SSSR count). The van der Waals surface area contributed by atoms with Crippen LogP contribution in [0.4, 0.5) is 0 Å². The van der Waals surface area contributed by atoms with Crippen LogP contribution in [0.25, 0.3) is 0 Å². The number of esters is 1. The molecule has 4 heteroatoms. The first-order valence-electron chi connectivity index (χ1n) is 4.78.